The first kappa shape index (κ1) is 16.0. The minimum atomic E-state index is -0.372. The molecule has 1 aliphatic heterocycles. The molecule has 3 rings (SSSR count). The lowest BCUT2D eigenvalue weighted by molar-refractivity contribution is -0.169. The van der Waals surface area contributed by atoms with Crippen LogP contribution in [-0.2, 0) is 20.8 Å². The van der Waals surface area contributed by atoms with Crippen molar-refractivity contribution in [3.63, 3.8) is 0 Å². The van der Waals surface area contributed by atoms with Gasteiger partial charge in [0.1, 0.15) is 6.54 Å². The molecule has 0 N–H and O–H groups in total. The van der Waals surface area contributed by atoms with Gasteiger partial charge in [0.05, 0.1) is 30.0 Å². The molecule has 6 nitrogen and oxygen atoms in total. The number of benzene rings is 1. The summed E-state index contributed by atoms with van der Waals surface area (Å²) in [6, 6.07) is 7.90. The van der Waals surface area contributed by atoms with Gasteiger partial charge in [0.15, 0.2) is 0 Å². The first-order valence-electron chi connectivity index (χ1n) is 7.83. The van der Waals surface area contributed by atoms with Crippen LogP contribution in [0.4, 0.5) is 0 Å². The molecule has 1 saturated heterocycles. The first-order valence-corrected chi connectivity index (χ1v) is 7.83. The summed E-state index contributed by atoms with van der Waals surface area (Å²) >= 11 is 0. The van der Waals surface area contributed by atoms with E-state index in [9.17, 15) is 4.79 Å². The Hall–Kier alpha value is -1.92. The second-order valence-electron chi connectivity index (χ2n) is 6.59. The van der Waals surface area contributed by atoms with E-state index in [2.05, 4.69) is 5.10 Å². The Kier molecular flexibility index (Phi) is 4.37. The van der Waals surface area contributed by atoms with Crippen molar-refractivity contribution < 1.29 is 14.3 Å². The lowest BCUT2D eigenvalue weighted by atomic mass is 10.1. The number of hydrogen-bond donors (Lipinski definition) is 0. The molecule has 1 atom stereocenters. The van der Waals surface area contributed by atoms with Crippen LogP contribution in [0.25, 0.3) is 10.9 Å². The molecule has 0 saturated carbocycles. The summed E-state index contributed by atoms with van der Waals surface area (Å²) in [5.74, 6) is 0.0522. The molecule has 124 valence electrons. The Morgan fingerprint density at radius 3 is 3.00 bits per heavy atom. The van der Waals surface area contributed by atoms with Crippen molar-refractivity contribution in [3.8, 4) is 0 Å². The fourth-order valence-corrected chi connectivity index (χ4v) is 3.14. The molecule has 1 aromatic carbocycles. The Morgan fingerprint density at radius 2 is 2.22 bits per heavy atom. The standard InChI is InChI=1S/C17H23N3O3/c1-17(2)12-19(9-14(23-17)11-22-3)16(21)10-20-15-7-5-4-6-13(15)8-18-20/h4-8,14H,9-12H2,1-3H3/t14-/m0/s1. The highest BCUT2D eigenvalue weighted by Gasteiger charge is 2.35. The average molecular weight is 317 g/mol. The minimum Gasteiger partial charge on any atom is -0.382 e. The molecule has 2 heterocycles. The van der Waals surface area contributed by atoms with Crippen molar-refractivity contribution in [2.45, 2.75) is 32.1 Å². The molecule has 0 bridgehead atoms. The molecule has 1 aliphatic rings. The number of nitrogens with zero attached hydrogens (tertiary/aromatic N) is 3. The van der Waals surface area contributed by atoms with E-state index in [4.69, 9.17) is 9.47 Å². The monoisotopic (exact) mass is 317 g/mol. The summed E-state index contributed by atoms with van der Waals surface area (Å²) in [6.07, 6.45) is 1.70. The number of carbonyl (C=O) groups excluding carboxylic acids is 1. The van der Waals surface area contributed by atoms with Crippen LogP contribution in [0.1, 0.15) is 13.8 Å². The highest BCUT2D eigenvalue weighted by molar-refractivity contribution is 5.82. The van der Waals surface area contributed by atoms with Crippen molar-refractivity contribution in [2.24, 2.45) is 0 Å². The highest BCUT2D eigenvalue weighted by Crippen LogP contribution is 2.22. The molecule has 0 aliphatic carbocycles. The molecule has 1 aromatic heterocycles. The van der Waals surface area contributed by atoms with Gasteiger partial charge in [-0.2, -0.15) is 5.10 Å². The van der Waals surface area contributed by atoms with Crippen LogP contribution in [0, 0.1) is 0 Å². The zero-order valence-corrected chi connectivity index (χ0v) is 13.9. The number of fused-ring (bicyclic) bond motifs is 1. The number of carbonyl (C=O) groups is 1. The van der Waals surface area contributed by atoms with E-state index >= 15 is 0 Å². The second kappa shape index (κ2) is 6.29. The second-order valence-corrected chi connectivity index (χ2v) is 6.59. The van der Waals surface area contributed by atoms with Crippen LogP contribution < -0.4 is 0 Å². The van der Waals surface area contributed by atoms with Crippen LogP contribution in [0.3, 0.4) is 0 Å². The van der Waals surface area contributed by atoms with Crippen molar-refractivity contribution in [1.82, 2.24) is 14.7 Å². The van der Waals surface area contributed by atoms with Crippen LogP contribution in [0.5, 0.6) is 0 Å². The third-order valence-corrected chi connectivity index (χ3v) is 4.02. The Balaban J connectivity index is 1.74. The number of rotatable bonds is 4. The van der Waals surface area contributed by atoms with Gasteiger partial charge < -0.3 is 14.4 Å². The lowest BCUT2D eigenvalue weighted by Gasteiger charge is -2.42. The van der Waals surface area contributed by atoms with Crippen LogP contribution in [0.15, 0.2) is 30.5 Å². The van der Waals surface area contributed by atoms with Crippen LogP contribution >= 0.6 is 0 Å². The van der Waals surface area contributed by atoms with Crippen molar-refractivity contribution >= 4 is 16.8 Å². The maximum atomic E-state index is 12.7. The van der Waals surface area contributed by atoms with Gasteiger partial charge >= 0.3 is 0 Å². The van der Waals surface area contributed by atoms with Gasteiger partial charge in [-0.3, -0.25) is 9.48 Å². The van der Waals surface area contributed by atoms with E-state index < -0.39 is 0 Å². The molecular formula is C17H23N3O3. The molecular weight excluding hydrogens is 294 g/mol. The van der Waals surface area contributed by atoms with Gasteiger partial charge in [0, 0.05) is 25.6 Å². The molecule has 6 heteroatoms. The summed E-state index contributed by atoms with van der Waals surface area (Å²) in [6.45, 7) is 5.85. The normalized spacial score (nSPS) is 20.8. The predicted molar refractivity (Wildman–Crippen MR) is 87.1 cm³/mol. The van der Waals surface area contributed by atoms with Gasteiger partial charge in [-0.05, 0) is 19.9 Å². The molecule has 2 aromatic rings. The summed E-state index contributed by atoms with van der Waals surface area (Å²) in [4.78, 5) is 14.6. The number of aromatic nitrogens is 2. The van der Waals surface area contributed by atoms with Gasteiger partial charge in [0.2, 0.25) is 5.91 Å². The average Bonchev–Trinajstić information content (AvgIpc) is 2.89. The number of ether oxygens (including phenoxy) is 2. The van der Waals surface area contributed by atoms with E-state index in [-0.39, 0.29) is 24.2 Å². The zero-order valence-electron chi connectivity index (χ0n) is 13.9. The van der Waals surface area contributed by atoms with Crippen molar-refractivity contribution in [1.29, 1.82) is 0 Å². The third kappa shape index (κ3) is 3.54. The maximum Gasteiger partial charge on any atom is 0.244 e. The largest absolute Gasteiger partial charge is 0.382 e. The molecule has 1 fully saturated rings. The topological polar surface area (TPSA) is 56.6 Å². The predicted octanol–water partition coefficient (Wildman–Crippen LogP) is 1.69. The molecule has 0 spiro atoms. The summed E-state index contributed by atoms with van der Waals surface area (Å²) < 4.78 is 12.9. The quantitative estimate of drug-likeness (QED) is 0.861. The van der Waals surface area contributed by atoms with E-state index in [1.165, 1.54) is 0 Å². The van der Waals surface area contributed by atoms with Crippen LogP contribution in [-0.4, -0.2) is 59.1 Å². The Labute approximate surface area is 136 Å². The first-order chi connectivity index (χ1) is 11.0. The van der Waals surface area contributed by atoms with E-state index in [1.54, 1.807) is 18.0 Å². The summed E-state index contributed by atoms with van der Waals surface area (Å²) in [5.41, 5.74) is 0.602. The molecule has 0 radical (unpaired) electrons. The number of methoxy groups -OCH3 is 1. The molecule has 23 heavy (non-hydrogen) atoms. The third-order valence-electron chi connectivity index (χ3n) is 4.02. The number of para-hydroxylation sites is 1. The summed E-state index contributed by atoms with van der Waals surface area (Å²) in [5, 5.41) is 5.38. The highest BCUT2D eigenvalue weighted by atomic mass is 16.5. The Morgan fingerprint density at radius 1 is 1.43 bits per heavy atom. The minimum absolute atomic E-state index is 0.0522. The van der Waals surface area contributed by atoms with Gasteiger partial charge in [-0.1, -0.05) is 18.2 Å². The van der Waals surface area contributed by atoms with Gasteiger partial charge in [0.25, 0.3) is 0 Å². The van der Waals surface area contributed by atoms with Crippen molar-refractivity contribution in [2.75, 3.05) is 26.8 Å². The fraction of sp³-hybridized carbons (Fsp3) is 0.529. The molecule has 1 amide bonds. The van der Waals surface area contributed by atoms with Crippen LogP contribution in [0.2, 0.25) is 0 Å². The van der Waals surface area contributed by atoms with Gasteiger partial charge in [-0.25, -0.2) is 0 Å². The lowest BCUT2D eigenvalue weighted by Crippen LogP contribution is -2.56. The zero-order chi connectivity index (χ0) is 16.4. The fourth-order valence-electron chi connectivity index (χ4n) is 3.14. The van der Waals surface area contributed by atoms with E-state index in [0.29, 0.717) is 19.7 Å². The van der Waals surface area contributed by atoms with E-state index in [0.717, 1.165) is 10.9 Å². The summed E-state index contributed by atoms with van der Waals surface area (Å²) in [7, 11) is 1.65. The number of amides is 1. The van der Waals surface area contributed by atoms with Gasteiger partial charge in [-0.15, -0.1) is 0 Å². The Bertz CT molecular complexity index is 695. The maximum absolute atomic E-state index is 12.7. The SMILES string of the molecule is COC[C@@H]1CN(C(=O)Cn2ncc3ccccc32)CC(C)(C)O1. The van der Waals surface area contributed by atoms with Crippen molar-refractivity contribution in [3.05, 3.63) is 30.5 Å². The number of morpholine rings is 1. The molecule has 0 unspecified atom stereocenters. The number of hydrogen-bond acceptors (Lipinski definition) is 4. The van der Waals surface area contributed by atoms with E-state index in [1.807, 2.05) is 43.0 Å². The smallest absolute Gasteiger partial charge is 0.244 e.